The maximum absolute atomic E-state index is 11.8. The molecule has 0 aliphatic rings. The summed E-state index contributed by atoms with van der Waals surface area (Å²) >= 11 is 1.32. The molecule has 1 atom stereocenters. The fourth-order valence-electron chi connectivity index (χ4n) is 1.61. The van der Waals surface area contributed by atoms with Crippen molar-refractivity contribution in [3.8, 4) is 11.4 Å². The summed E-state index contributed by atoms with van der Waals surface area (Å²) in [6.45, 7) is 0.383. The fourth-order valence-corrected chi connectivity index (χ4v) is 3.64. The molecule has 3 aromatic heterocycles. The number of aliphatic carboxylic acids is 2. The van der Waals surface area contributed by atoms with Crippen molar-refractivity contribution in [1.82, 2.24) is 19.6 Å². The first-order chi connectivity index (χ1) is 15.2. The van der Waals surface area contributed by atoms with Crippen molar-refractivity contribution in [1.29, 1.82) is 0 Å². The molecule has 0 saturated heterocycles. The van der Waals surface area contributed by atoms with Gasteiger partial charge in [-0.2, -0.15) is 26.3 Å². The van der Waals surface area contributed by atoms with E-state index >= 15 is 0 Å². The van der Waals surface area contributed by atoms with Crippen LogP contribution < -0.4 is 5.73 Å². The van der Waals surface area contributed by atoms with Crippen molar-refractivity contribution in [3.05, 3.63) is 30.6 Å². The van der Waals surface area contributed by atoms with E-state index in [1.165, 1.54) is 11.3 Å². The van der Waals surface area contributed by atoms with Gasteiger partial charge >= 0.3 is 24.3 Å². The van der Waals surface area contributed by atoms with Gasteiger partial charge in [0.25, 0.3) is 0 Å². The largest absolute Gasteiger partial charge is 0.490 e. The number of imidazole rings is 1. The summed E-state index contributed by atoms with van der Waals surface area (Å²) < 4.78 is 77.5. The first-order valence-corrected chi connectivity index (χ1v) is 10.3. The third kappa shape index (κ3) is 9.10. The molecule has 4 N–H and O–H groups in total. The molecule has 0 spiro atoms. The number of alkyl halides is 6. The molecular formula is C15H13F6N5O5S2. The lowest BCUT2D eigenvalue weighted by Gasteiger charge is -1.93. The number of nitrogens with zero attached hydrogens (tertiary/aromatic N) is 4. The van der Waals surface area contributed by atoms with E-state index in [0.29, 0.717) is 21.6 Å². The molecule has 0 radical (unpaired) electrons. The lowest BCUT2D eigenvalue weighted by Crippen LogP contribution is -2.21. The van der Waals surface area contributed by atoms with Gasteiger partial charge in [0.05, 0.1) is 22.7 Å². The molecular weight excluding hydrogens is 508 g/mol. The van der Waals surface area contributed by atoms with Crippen LogP contribution >= 0.6 is 11.3 Å². The van der Waals surface area contributed by atoms with Crippen LogP contribution in [0.15, 0.2) is 34.9 Å². The van der Waals surface area contributed by atoms with E-state index in [9.17, 15) is 30.6 Å². The third-order valence-electron chi connectivity index (χ3n) is 2.93. The number of pyridine rings is 1. The average molecular weight is 521 g/mol. The van der Waals surface area contributed by atoms with Gasteiger partial charge in [-0.3, -0.25) is 9.19 Å². The molecule has 1 unspecified atom stereocenters. The van der Waals surface area contributed by atoms with Crippen LogP contribution in [0, 0.1) is 0 Å². The molecule has 182 valence electrons. The molecule has 33 heavy (non-hydrogen) atoms. The predicted octanol–water partition coefficient (Wildman–Crippen LogP) is 2.19. The van der Waals surface area contributed by atoms with Gasteiger partial charge in [-0.25, -0.2) is 19.1 Å². The van der Waals surface area contributed by atoms with Gasteiger partial charge in [0.15, 0.2) is 0 Å². The van der Waals surface area contributed by atoms with Gasteiger partial charge in [0.2, 0.25) is 9.30 Å². The quantitative estimate of drug-likeness (QED) is 0.437. The summed E-state index contributed by atoms with van der Waals surface area (Å²) in [5, 5.41) is 18.5. The maximum atomic E-state index is 11.8. The van der Waals surface area contributed by atoms with Crippen molar-refractivity contribution in [2.24, 2.45) is 5.73 Å². The summed E-state index contributed by atoms with van der Waals surface area (Å²) in [6.07, 6.45) is -6.66. The first-order valence-electron chi connectivity index (χ1n) is 8.13. The molecule has 0 aliphatic carbocycles. The van der Waals surface area contributed by atoms with E-state index < -0.39 is 35.1 Å². The van der Waals surface area contributed by atoms with Gasteiger partial charge in [-0.05, 0) is 12.1 Å². The number of carboxylic acid groups (broad SMARTS) is 2. The normalized spacial score (nSPS) is 12.2. The number of carboxylic acids is 2. The number of halogens is 6. The van der Waals surface area contributed by atoms with Crippen LogP contribution in [0.2, 0.25) is 0 Å². The maximum Gasteiger partial charge on any atom is 0.490 e. The van der Waals surface area contributed by atoms with E-state index in [1.807, 2.05) is 18.2 Å². The number of aromatic nitrogens is 4. The van der Waals surface area contributed by atoms with E-state index in [0.717, 1.165) is 11.4 Å². The Kier molecular flexibility index (Phi) is 9.86. The molecule has 0 saturated carbocycles. The Bertz CT molecular complexity index is 1040. The van der Waals surface area contributed by atoms with Gasteiger partial charge in [0.1, 0.15) is 5.69 Å². The van der Waals surface area contributed by atoms with E-state index in [-0.39, 0.29) is 0 Å². The Morgan fingerprint density at radius 2 is 1.61 bits per heavy atom. The summed E-state index contributed by atoms with van der Waals surface area (Å²) in [5.74, 6) is -5.09. The van der Waals surface area contributed by atoms with Crippen LogP contribution in [-0.4, -0.2) is 70.6 Å². The molecule has 10 nitrogen and oxygen atoms in total. The van der Waals surface area contributed by atoms with Crippen LogP contribution in [0.25, 0.3) is 16.3 Å². The monoisotopic (exact) mass is 521 g/mol. The minimum atomic E-state index is -5.08. The van der Waals surface area contributed by atoms with Crippen LogP contribution in [0.5, 0.6) is 0 Å². The van der Waals surface area contributed by atoms with Crippen LogP contribution in [0.3, 0.4) is 0 Å². The summed E-state index contributed by atoms with van der Waals surface area (Å²) in [5.41, 5.74) is 6.95. The Balaban J connectivity index is 0.000000324. The summed E-state index contributed by atoms with van der Waals surface area (Å²) in [7, 11) is -1.14. The van der Waals surface area contributed by atoms with Crippen LogP contribution in [-0.2, 0) is 20.4 Å². The first kappa shape index (κ1) is 27.9. The standard InChI is InChI=1S/C11H11N5OS2.2C2HF3O2/c12-4-6-19(17)11-15-16-7-9(14-10(16)18-11)8-3-1-2-5-13-8;2*3-2(4,5)1(6)7/h1-3,5,7H,4,6,12H2;2*(H,6,7). The third-order valence-corrected chi connectivity index (χ3v) is 5.54. The highest BCUT2D eigenvalue weighted by molar-refractivity contribution is 7.87. The van der Waals surface area contributed by atoms with Gasteiger partial charge < -0.3 is 15.9 Å². The smallest absolute Gasteiger partial charge is 0.475 e. The molecule has 0 bridgehead atoms. The van der Waals surface area contributed by atoms with Gasteiger partial charge in [-0.1, -0.05) is 17.4 Å². The Morgan fingerprint density at radius 1 is 1.06 bits per heavy atom. The number of hydrogen-bond acceptors (Lipinski definition) is 8. The number of fused-ring (bicyclic) bond motifs is 1. The lowest BCUT2D eigenvalue weighted by atomic mass is 10.3. The second kappa shape index (κ2) is 11.7. The molecule has 0 aromatic carbocycles. The minimum absolute atomic E-state index is 0.383. The molecule has 0 amide bonds. The second-order valence-corrected chi connectivity index (χ2v) is 8.08. The highest BCUT2D eigenvalue weighted by Gasteiger charge is 2.38. The fraction of sp³-hybridized carbons (Fsp3) is 0.267. The zero-order valence-electron chi connectivity index (χ0n) is 15.9. The highest BCUT2D eigenvalue weighted by atomic mass is 32.2. The minimum Gasteiger partial charge on any atom is -0.475 e. The highest BCUT2D eigenvalue weighted by Crippen LogP contribution is 2.22. The molecule has 18 heteroatoms. The topological polar surface area (TPSA) is 161 Å². The van der Waals surface area contributed by atoms with Crippen molar-refractivity contribution in [3.63, 3.8) is 0 Å². The van der Waals surface area contributed by atoms with Crippen LogP contribution in [0.4, 0.5) is 26.3 Å². The number of nitrogens with two attached hydrogens (primary N) is 1. The second-order valence-electron chi connectivity index (χ2n) is 5.38. The van der Waals surface area contributed by atoms with Crippen molar-refractivity contribution < 1.29 is 50.4 Å². The molecule has 3 heterocycles. The van der Waals surface area contributed by atoms with Crippen molar-refractivity contribution in [2.45, 2.75) is 16.7 Å². The van der Waals surface area contributed by atoms with Crippen molar-refractivity contribution in [2.75, 3.05) is 12.3 Å². The summed E-state index contributed by atoms with van der Waals surface area (Å²) in [4.78, 5) is 27.2. The van der Waals surface area contributed by atoms with Gasteiger partial charge in [-0.15, -0.1) is 5.10 Å². The number of hydrogen-bond donors (Lipinski definition) is 3. The van der Waals surface area contributed by atoms with Crippen LogP contribution in [0.1, 0.15) is 0 Å². The Labute approximate surface area is 186 Å². The summed E-state index contributed by atoms with van der Waals surface area (Å²) in [6, 6.07) is 5.65. The van der Waals surface area contributed by atoms with E-state index in [4.69, 9.17) is 25.5 Å². The van der Waals surface area contributed by atoms with Crippen molar-refractivity contribution >= 4 is 39.0 Å². The number of carbonyl (C=O) groups is 2. The SMILES string of the molecule is NCCS(=O)c1nn2cc(-c3ccccn3)nc2s1.O=C(O)C(F)(F)F.O=C(O)C(F)(F)F. The zero-order chi connectivity index (χ0) is 25.4. The average Bonchev–Trinajstić information content (AvgIpc) is 3.28. The predicted molar refractivity (Wildman–Crippen MR) is 102 cm³/mol. The zero-order valence-corrected chi connectivity index (χ0v) is 17.5. The van der Waals surface area contributed by atoms with E-state index in [2.05, 4.69) is 15.1 Å². The Morgan fingerprint density at radius 3 is 2.00 bits per heavy atom. The molecule has 0 aliphatic heterocycles. The van der Waals surface area contributed by atoms with E-state index in [1.54, 1.807) is 16.9 Å². The molecule has 3 rings (SSSR count). The van der Waals surface area contributed by atoms with Gasteiger partial charge in [0, 0.05) is 18.5 Å². The molecule has 0 fully saturated rings. The number of rotatable bonds is 4. The molecule has 3 aromatic rings. The lowest BCUT2D eigenvalue weighted by molar-refractivity contribution is -0.193. The Hall–Kier alpha value is -3.12.